The van der Waals surface area contributed by atoms with Crippen LogP contribution in [0.3, 0.4) is 0 Å². The van der Waals surface area contributed by atoms with E-state index in [2.05, 4.69) is 15.2 Å². The molecule has 0 radical (unpaired) electrons. The summed E-state index contributed by atoms with van der Waals surface area (Å²) in [6.45, 7) is 3.94. The Balaban J connectivity index is 0.00000128. The molecule has 2 heterocycles. The Morgan fingerprint density at radius 1 is 1.35 bits per heavy atom. The van der Waals surface area contributed by atoms with Gasteiger partial charge < -0.3 is 20.7 Å². The van der Waals surface area contributed by atoms with Crippen molar-refractivity contribution in [3.8, 4) is 5.75 Å². The number of pyridine rings is 1. The zero-order valence-electron chi connectivity index (χ0n) is 9.68. The van der Waals surface area contributed by atoms with Crippen LogP contribution in [-0.4, -0.2) is 38.3 Å². The quantitative estimate of drug-likeness (QED) is 0.844. The molecular weight excluding hydrogens is 263 g/mol. The molecule has 1 saturated heterocycles. The smallest absolute Gasteiger partial charge is 0.147 e. The van der Waals surface area contributed by atoms with Crippen LogP contribution in [0.4, 0.5) is 11.5 Å². The minimum atomic E-state index is 0. The molecule has 3 N–H and O–H groups in total. The van der Waals surface area contributed by atoms with E-state index in [1.54, 1.807) is 19.4 Å². The van der Waals surface area contributed by atoms with Gasteiger partial charge in [-0.3, -0.25) is 0 Å². The molecule has 0 saturated carbocycles. The van der Waals surface area contributed by atoms with Crippen molar-refractivity contribution < 1.29 is 4.74 Å². The van der Waals surface area contributed by atoms with E-state index < -0.39 is 0 Å². The van der Waals surface area contributed by atoms with Gasteiger partial charge in [-0.2, -0.15) is 0 Å². The van der Waals surface area contributed by atoms with Gasteiger partial charge in [0.25, 0.3) is 0 Å². The van der Waals surface area contributed by atoms with E-state index in [9.17, 15) is 0 Å². The number of ether oxygens (including phenoxy) is 1. The summed E-state index contributed by atoms with van der Waals surface area (Å²) < 4.78 is 5.30. The molecule has 0 bridgehead atoms. The first kappa shape index (κ1) is 16.1. The van der Waals surface area contributed by atoms with Crippen molar-refractivity contribution in [1.29, 1.82) is 0 Å². The lowest BCUT2D eigenvalue weighted by atomic mass is 10.3. The molecule has 0 aromatic carbocycles. The Kier molecular flexibility index (Phi) is 7.03. The third-order valence-electron chi connectivity index (χ3n) is 2.54. The van der Waals surface area contributed by atoms with E-state index in [1.807, 2.05) is 0 Å². The first-order valence-corrected chi connectivity index (χ1v) is 5.06. The van der Waals surface area contributed by atoms with Crippen LogP contribution in [0.15, 0.2) is 12.3 Å². The Hall–Kier alpha value is -0.910. The summed E-state index contributed by atoms with van der Waals surface area (Å²) in [6.07, 6.45) is 1.78. The summed E-state index contributed by atoms with van der Waals surface area (Å²) in [5.41, 5.74) is 6.63. The Bertz CT molecular complexity index is 345. The maximum atomic E-state index is 5.61. The number of anilines is 2. The standard InChI is InChI=1S/C10H16N4O.2ClH/c1-15-9-6-10(11)13-7-8(9)14-4-2-12-3-5-14;;/h6-7,12H,2-5H2,1H3,(H2,11,13);2*1H. The number of hydrogen-bond acceptors (Lipinski definition) is 5. The van der Waals surface area contributed by atoms with Crippen molar-refractivity contribution in [3.05, 3.63) is 12.3 Å². The normalized spacial score (nSPS) is 14.5. The second-order valence-electron chi connectivity index (χ2n) is 3.52. The lowest BCUT2D eigenvalue weighted by molar-refractivity contribution is 0.412. The van der Waals surface area contributed by atoms with Gasteiger partial charge in [-0.25, -0.2) is 4.98 Å². The Labute approximate surface area is 114 Å². The van der Waals surface area contributed by atoms with Crippen LogP contribution in [0.2, 0.25) is 0 Å². The molecule has 2 rings (SSSR count). The van der Waals surface area contributed by atoms with Crippen molar-refractivity contribution in [2.45, 2.75) is 0 Å². The van der Waals surface area contributed by atoms with Gasteiger partial charge in [-0.1, -0.05) is 0 Å². The second kappa shape index (κ2) is 7.42. The maximum Gasteiger partial charge on any atom is 0.147 e. The molecule has 0 spiro atoms. The fraction of sp³-hybridized carbons (Fsp3) is 0.500. The molecule has 7 heteroatoms. The van der Waals surface area contributed by atoms with Crippen LogP contribution in [0, 0.1) is 0 Å². The summed E-state index contributed by atoms with van der Waals surface area (Å²) in [6, 6.07) is 1.76. The first-order valence-electron chi connectivity index (χ1n) is 5.06. The van der Waals surface area contributed by atoms with Crippen molar-refractivity contribution in [3.63, 3.8) is 0 Å². The van der Waals surface area contributed by atoms with Crippen molar-refractivity contribution in [1.82, 2.24) is 10.3 Å². The number of rotatable bonds is 2. The van der Waals surface area contributed by atoms with E-state index >= 15 is 0 Å². The molecule has 1 aliphatic rings. The summed E-state index contributed by atoms with van der Waals surface area (Å²) in [5, 5.41) is 3.31. The highest BCUT2D eigenvalue weighted by molar-refractivity contribution is 5.85. The van der Waals surface area contributed by atoms with Gasteiger partial charge in [-0.05, 0) is 0 Å². The molecule has 1 fully saturated rings. The summed E-state index contributed by atoms with van der Waals surface area (Å²) >= 11 is 0. The molecule has 0 amide bonds. The van der Waals surface area contributed by atoms with Crippen LogP contribution in [0.25, 0.3) is 0 Å². The van der Waals surface area contributed by atoms with E-state index in [-0.39, 0.29) is 24.8 Å². The molecule has 1 aromatic rings. The monoisotopic (exact) mass is 280 g/mol. The fourth-order valence-electron chi connectivity index (χ4n) is 1.75. The molecule has 0 atom stereocenters. The number of piperazine rings is 1. The molecule has 5 nitrogen and oxygen atoms in total. The number of nitrogens with two attached hydrogens (primary N) is 1. The minimum absolute atomic E-state index is 0. The largest absolute Gasteiger partial charge is 0.494 e. The molecule has 98 valence electrons. The van der Waals surface area contributed by atoms with Crippen LogP contribution >= 0.6 is 24.8 Å². The molecule has 0 unspecified atom stereocenters. The van der Waals surface area contributed by atoms with Crippen molar-refractivity contribution >= 4 is 36.3 Å². The van der Waals surface area contributed by atoms with Gasteiger partial charge in [-0.15, -0.1) is 24.8 Å². The van der Waals surface area contributed by atoms with Crippen LogP contribution in [0.5, 0.6) is 5.75 Å². The predicted octanol–water partition coefficient (Wildman–Crippen LogP) is 0.926. The van der Waals surface area contributed by atoms with Crippen molar-refractivity contribution in [2.24, 2.45) is 0 Å². The number of methoxy groups -OCH3 is 1. The zero-order valence-corrected chi connectivity index (χ0v) is 11.3. The molecule has 0 aliphatic carbocycles. The van der Waals surface area contributed by atoms with E-state index in [1.165, 1.54) is 0 Å². The number of aromatic nitrogens is 1. The molecule has 1 aliphatic heterocycles. The van der Waals surface area contributed by atoms with Gasteiger partial charge in [0.1, 0.15) is 11.6 Å². The lowest BCUT2D eigenvalue weighted by Crippen LogP contribution is -2.43. The van der Waals surface area contributed by atoms with Crippen LogP contribution in [-0.2, 0) is 0 Å². The predicted molar refractivity (Wildman–Crippen MR) is 74.8 cm³/mol. The number of nitrogens with one attached hydrogen (secondary N) is 1. The zero-order chi connectivity index (χ0) is 10.7. The Morgan fingerprint density at radius 3 is 2.59 bits per heavy atom. The fourth-order valence-corrected chi connectivity index (χ4v) is 1.75. The Morgan fingerprint density at radius 2 is 2.00 bits per heavy atom. The first-order chi connectivity index (χ1) is 7.31. The topological polar surface area (TPSA) is 63.4 Å². The van der Waals surface area contributed by atoms with Gasteiger partial charge in [0.05, 0.1) is 19.0 Å². The van der Waals surface area contributed by atoms with Crippen LogP contribution < -0.4 is 20.7 Å². The van der Waals surface area contributed by atoms with E-state index in [0.717, 1.165) is 37.6 Å². The highest BCUT2D eigenvalue weighted by Gasteiger charge is 2.15. The summed E-state index contributed by atoms with van der Waals surface area (Å²) in [5.74, 6) is 1.29. The highest BCUT2D eigenvalue weighted by atomic mass is 35.5. The third-order valence-corrected chi connectivity index (χ3v) is 2.54. The average molecular weight is 281 g/mol. The second-order valence-corrected chi connectivity index (χ2v) is 3.52. The SMILES string of the molecule is COc1cc(N)ncc1N1CCNCC1.Cl.Cl. The minimum Gasteiger partial charge on any atom is -0.494 e. The summed E-state index contributed by atoms with van der Waals surface area (Å²) in [7, 11) is 1.65. The lowest BCUT2D eigenvalue weighted by Gasteiger charge is -2.30. The highest BCUT2D eigenvalue weighted by Crippen LogP contribution is 2.28. The third kappa shape index (κ3) is 3.80. The van der Waals surface area contributed by atoms with Gasteiger partial charge in [0.15, 0.2) is 0 Å². The average Bonchev–Trinajstić information content (AvgIpc) is 2.30. The van der Waals surface area contributed by atoms with Gasteiger partial charge in [0, 0.05) is 32.2 Å². The van der Waals surface area contributed by atoms with Crippen LogP contribution in [0.1, 0.15) is 0 Å². The number of nitrogens with zero attached hydrogens (tertiary/aromatic N) is 2. The molecular formula is C10H18Cl2N4O. The maximum absolute atomic E-state index is 5.61. The number of hydrogen-bond donors (Lipinski definition) is 2. The van der Waals surface area contributed by atoms with Gasteiger partial charge in [0.2, 0.25) is 0 Å². The van der Waals surface area contributed by atoms with Gasteiger partial charge >= 0.3 is 0 Å². The van der Waals surface area contributed by atoms with E-state index in [4.69, 9.17) is 10.5 Å². The van der Waals surface area contributed by atoms with Crippen molar-refractivity contribution in [2.75, 3.05) is 43.9 Å². The molecule has 17 heavy (non-hydrogen) atoms. The number of nitrogen functional groups attached to an aromatic ring is 1. The number of halogens is 2. The molecule has 1 aromatic heterocycles. The summed E-state index contributed by atoms with van der Waals surface area (Å²) in [4.78, 5) is 6.35. The van der Waals surface area contributed by atoms with E-state index in [0.29, 0.717) is 5.82 Å².